The van der Waals surface area contributed by atoms with Crippen molar-refractivity contribution >= 4 is 21.6 Å². The van der Waals surface area contributed by atoms with Crippen LogP contribution in [0.2, 0.25) is 0 Å². The molecule has 1 aromatic carbocycles. The first kappa shape index (κ1) is 20.3. The number of nitro benzene ring substituents is 1. The van der Waals surface area contributed by atoms with Gasteiger partial charge in [0.1, 0.15) is 0 Å². The zero-order valence-electron chi connectivity index (χ0n) is 14.9. The van der Waals surface area contributed by atoms with Crippen LogP contribution >= 0.6 is 0 Å². The summed E-state index contributed by atoms with van der Waals surface area (Å²) in [7, 11) is -0.271. The van der Waals surface area contributed by atoms with Gasteiger partial charge in [0.2, 0.25) is 15.9 Å². The van der Waals surface area contributed by atoms with Crippen LogP contribution < -0.4 is 5.32 Å². The van der Waals surface area contributed by atoms with Gasteiger partial charge in [-0.1, -0.05) is 0 Å². The van der Waals surface area contributed by atoms with Crippen molar-refractivity contribution in [2.75, 3.05) is 40.3 Å². The summed E-state index contributed by atoms with van der Waals surface area (Å²) in [6, 6.07) is 4.81. The minimum absolute atomic E-state index is 0.000244. The maximum absolute atomic E-state index is 12.8. The van der Waals surface area contributed by atoms with E-state index in [0.717, 1.165) is 0 Å². The molecule has 1 aliphatic rings. The number of hydrogen-bond donors (Lipinski definition) is 1. The summed E-state index contributed by atoms with van der Waals surface area (Å²) in [6.45, 7) is 1.69. The monoisotopic (exact) mass is 384 g/mol. The molecule has 1 unspecified atom stereocenters. The van der Waals surface area contributed by atoms with E-state index >= 15 is 0 Å². The van der Waals surface area contributed by atoms with E-state index in [-0.39, 0.29) is 29.0 Å². The van der Waals surface area contributed by atoms with Gasteiger partial charge in [0.25, 0.3) is 5.69 Å². The Labute approximate surface area is 153 Å². The van der Waals surface area contributed by atoms with E-state index in [1.165, 1.54) is 28.6 Å². The average Bonchev–Trinajstić information content (AvgIpc) is 2.65. The fourth-order valence-corrected chi connectivity index (χ4v) is 4.48. The number of likely N-dealkylation sites (N-methyl/N-ethyl adjacent to an activating group) is 2. The number of carbonyl (C=O) groups excluding carboxylic acids is 1. The van der Waals surface area contributed by atoms with Crippen LogP contribution in [-0.4, -0.2) is 68.7 Å². The second-order valence-electron chi connectivity index (χ2n) is 6.32. The number of rotatable bonds is 7. The van der Waals surface area contributed by atoms with Gasteiger partial charge >= 0.3 is 0 Å². The number of hydrogen-bond acceptors (Lipinski definition) is 6. The first-order valence-corrected chi connectivity index (χ1v) is 9.85. The molecule has 1 aromatic rings. The Morgan fingerprint density at radius 3 is 2.62 bits per heavy atom. The molecule has 1 heterocycles. The minimum Gasteiger partial charge on any atom is -0.344 e. The SMILES string of the molecule is CNCCN(C)C(=O)C1CCCN(S(=O)(=O)c2ccc([N+](=O)[O-])cc2)C1. The Kier molecular flexibility index (Phi) is 6.68. The lowest BCUT2D eigenvalue weighted by molar-refractivity contribution is -0.384. The normalized spacial score (nSPS) is 18.5. The molecule has 0 aliphatic carbocycles. The zero-order valence-corrected chi connectivity index (χ0v) is 15.7. The lowest BCUT2D eigenvalue weighted by Crippen LogP contribution is -2.46. The molecule has 0 radical (unpaired) electrons. The minimum atomic E-state index is -3.79. The number of nitrogens with one attached hydrogen (secondary N) is 1. The number of non-ortho nitro benzene ring substituents is 1. The molecule has 1 atom stereocenters. The Hall–Kier alpha value is -2.04. The van der Waals surface area contributed by atoms with Crippen LogP contribution in [0, 0.1) is 16.0 Å². The Bertz CT molecular complexity index is 750. The van der Waals surface area contributed by atoms with Gasteiger partial charge in [-0.05, 0) is 32.0 Å². The van der Waals surface area contributed by atoms with Crippen LogP contribution in [0.15, 0.2) is 29.2 Å². The molecule has 1 N–H and O–H groups in total. The average molecular weight is 384 g/mol. The lowest BCUT2D eigenvalue weighted by Gasteiger charge is -2.33. The number of carbonyl (C=O) groups is 1. The number of sulfonamides is 1. The molecule has 144 valence electrons. The first-order valence-electron chi connectivity index (χ1n) is 8.41. The molecule has 0 spiro atoms. The second kappa shape index (κ2) is 8.56. The molecular formula is C16H24N4O5S. The van der Waals surface area contributed by atoms with E-state index in [2.05, 4.69) is 5.32 Å². The quantitative estimate of drug-likeness (QED) is 0.546. The van der Waals surface area contributed by atoms with E-state index < -0.39 is 14.9 Å². The highest BCUT2D eigenvalue weighted by atomic mass is 32.2. The maximum Gasteiger partial charge on any atom is 0.269 e. The highest BCUT2D eigenvalue weighted by Crippen LogP contribution is 2.26. The van der Waals surface area contributed by atoms with Crippen LogP contribution in [0.25, 0.3) is 0 Å². The predicted octanol–water partition coefficient (Wildman–Crippen LogP) is 0.673. The summed E-state index contributed by atoms with van der Waals surface area (Å²) in [5.74, 6) is -0.442. The maximum atomic E-state index is 12.8. The number of nitrogens with zero attached hydrogens (tertiary/aromatic N) is 3. The zero-order chi connectivity index (χ0) is 19.3. The van der Waals surface area contributed by atoms with E-state index in [1.54, 1.807) is 19.0 Å². The molecule has 0 saturated carbocycles. The van der Waals surface area contributed by atoms with Crippen molar-refractivity contribution < 1.29 is 18.1 Å². The van der Waals surface area contributed by atoms with Crippen LogP contribution in [0.4, 0.5) is 5.69 Å². The van der Waals surface area contributed by atoms with Gasteiger partial charge in [0, 0.05) is 45.4 Å². The van der Waals surface area contributed by atoms with Crippen LogP contribution in [-0.2, 0) is 14.8 Å². The lowest BCUT2D eigenvalue weighted by atomic mass is 9.98. The molecule has 0 aromatic heterocycles. The number of amides is 1. The molecule has 9 nitrogen and oxygen atoms in total. The van der Waals surface area contributed by atoms with Gasteiger partial charge in [0.15, 0.2) is 0 Å². The van der Waals surface area contributed by atoms with Crippen molar-refractivity contribution in [2.45, 2.75) is 17.7 Å². The Morgan fingerprint density at radius 1 is 1.38 bits per heavy atom. The van der Waals surface area contributed by atoms with Crippen molar-refractivity contribution in [3.63, 3.8) is 0 Å². The number of nitro groups is 1. The summed E-state index contributed by atoms with van der Waals surface area (Å²) < 4.78 is 26.9. The molecule has 1 amide bonds. The van der Waals surface area contributed by atoms with Crippen molar-refractivity contribution in [1.29, 1.82) is 0 Å². The molecule has 10 heteroatoms. The third-order valence-electron chi connectivity index (χ3n) is 4.49. The van der Waals surface area contributed by atoms with Gasteiger partial charge < -0.3 is 10.2 Å². The van der Waals surface area contributed by atoms with E-state index in [1.807, 2.05) is 0 Å². The standard InChI is InChI=1S/C16H24N4O5S/c1-17-9-11-18(2)16(21)13-4-3-10-19(12-13)26(24,25)15-7-5-14(6-8-15)20(22)23/h5-8,13,17H,3-4,9-12H2,1-2H3. The van der Waals surface area contributed by atoms with Gasteiger partial charge in [-0.3, -0.25) is 14.9 Å². The molecule has 1 fully saturated rings. The summed E-state index contributed by atoms with van der Waals surface area (Å²) in [5, 5.41) is 13.7. The molecule has 1 saturated heterocycles. The smallest absolute Gasteiger partial charge is 0.269 e. The fraction of sp³-hybridized carbons (Fsp3) is 0.562. The Balaban J connectivity index is 2.12. The van der Waals surface area contributed by atoms with Crippen LogP contribution in [0.5, 0.6) is 0 Å². The van der Waals surface area contributed by atoms with E-state index in [4.69, 9.17) is 0 Å². The summed E-state index contributed by atoms with van der Waals surface area (Å²) in [4.78, 5) is 24.3. The fourth-order valence-electron chi connectivity index (χ4n) is 2.95. The third kappa shape index (κ3) is 4.57. The second-order valence-corrected chi connectivity index (χ2v) is 8.25. The largest absolute Gasteiger partial charge is 0.344 e. The molecule has 26 heavy (non-hydrogen) atoms. The van der Waals surface area contributed by atoms with Gasteiger partial charge in [-0.15, -0.1) is 0 Å². The van der Waals surface area contributed by atoms with Gasteiger partial charge in [-0.25, -0.2) is 8.42 Å². The van der Waals surface area contributed by atoms with Gasteiger partial charge in [-0.2, -0.15) is 4.31 Å². The number of benzene rings is 1. The molecule has 0 bridgehead atoms. The van der Waals surface area contributed by atoms with Crippen LogP contribution in [0.1, 0.15) is 12.8 Å². The van der Waals surface area contributed by atoms with Crippen molar-refractivity contribution in [2.24, 2.45) is 5.92 Å². The molecule has 2 rings (SSSR count). The first-order chi connectivity index (χ1) is 12.3. The van der Waals surface area contributed by atoms with Crippen molar-refractivity contribution in [3.05, 3.63) is 34.4 Å². The highest BCUT2D eigenvalue weighted by molar-refractivity contribution is 7.89. The Morgan fingerprint density at radius 2 is 2.04 bits per heavy atom. The topological polar surface area (TPSA) is 113 Å². The van der Waals surface area contributed by atoms with Crippen LogP contribution in [0.3, 0.4) is 0 Å². The van der Waals surface area contributed by atoms with Crippen molar-refractivity contribution in [3.8, 4) is 0 Å². The highest BCUT2D eigenvalue weighted by Gasteiger charge is 2.34. The number of piperidine rings is 1. The molecular weight excluding hydrogens is 360 g/mol. The van der Waals surface area contributed by atoms with Crippen molar-refractivity contribution in [1.82, 2.24) is 14.5 Å². The summed E-state index contributed by atoms with van der Waals surface area (Å²) >= 11 is 0. The van der Waals surface area contributed by atoms with Gasteiger partial charge in [0.05, 0.1) is 15.7 Å². The summed E-state index contributed by atoms with van der Waals surface area (Å²) in [5.41, 5.74) is -0.165. The molecule has 1 aliphatic heterocycles. The van der Waals surface area contributed by atoms with E-state index in [0.29, 0.717) is 32.5 Å². The predicted molar refractivity (Wildman–Crippen MR) is 96.1 cm³/mol. The third-order valence-corrected chi connectivity index (χ3v) is 6.37. The summed E-state index contributed by atoms with van der Waals surface area (Å²) in [6.07, 6.45) is 1.25. The van der Waals surface area contributed by atoms with E-state index in [9.17, 15) is 23.3 Å².